The Morgan fingerprint density at radius 1 is 1.14 bits per heavy atom. The molecule has 6 rings (SSSR count). The van der Waals surface area contributed by atoms with Crippen molar-refractivity contribution in [3.8, 4) is 0 Å². The number of carbonyl (C=O) groups excluding carboxylic acids is 4. The molecule has 4 N–H and O–H groups in total. The van der Waals surface area contributed by atoms with Crippen molar-refractivity contribution in [1.29, 1.82) is 0 Å². The summed E-state index contributed by atoms with van der Waals surface area (Å²) in [6.07, 6.45) is -0.647. The minimum absolute atomic E-state index is 0.115. The standard InChI is InChI=1S/C30H27ClN6O6/c1-42-28(40)34-25-20-9-7-18(14-23(20)35-36-25)26(38)32-24(13-17-5-3-2-4-6-17)27(39)37-12-11-30(16-37)21-15-19(31)8-10-22(21)33-29(41)43-30/h2-10,14-15,24H,11-13,16H2,1H3,(H,32,38)(H,33,41)(H2,34,35,36,40)/t24?,30-/m0/s1. The third kappa shape index (κ3) is 5.56. The second-order valence-corrected chi connectivity index (χ2v) is 10.8. The van der Waals surface area contributed by atoms with E-state index in [0.717, 1.165) is 5.56 Å². The molecule has 220 valence electrons. The van der Waals surface area contributed by atoms with E-state index in [1.54, 1.807) is 41.3 Å². The Morgan fingerprint density at radius 3 is 2.74 bits per heavy atom. The molecule has 1 saturated heterocycles. The van der Waals surface area contributed by atoms with Gasteiger partial charge in [-0.2, -0.15) is 5.10 Å². The first-order chi connectivity index (χ1) is 20.7. The van der Waals surface area contributed by atoms with Crippen molar-refractivity contribution in [3.05, 3.63) is 88.4 Å². The molecular formula is C30H27ClN6O6. The predicted molar refractivity (Wildman–Crippen MR) is 158 cm³/mol. The summed E-state index contributed by atoms with van der Waals surface area (Å²) >= 11 is 6.27. The van der Waals surface area contributed by atoms with Gasteiger partial charge in [0, 0.05) is 40.9 Å². The van der Waals surface area contributed by atoms with Gasteiger partial charge in [-0.3, -0.25) is 25.3 Å². The molecule has 1 fully saturated rings. The Kier molecular flexibility index (Phi) is 7.36. The summed E-state index contributed by atoms with van der Waals surface area (Å²) < 4.78 is 10.4. The Hall–Kier alpha value is -5.10. The SMILES string of the molecule is COC(=O)Nc1n[nH]c2cc(C(=O)NC(Cc3ccccc3)C(=O)N3CC[C@@]4(C3)OC(=O)Nc3ccc(Cl)cc34)ccc12. The van der Waals surface area contributed by atoms with E-state index in [0.29, 0.717) is 45.7 Å². The number of nitrogens with one attached hydrogen (secondary N) is 4. The van der Waals surface area contributed by atoms with E-state index < -0.39 is 29.7 Å². The molecule has 4 amide bonds. The van der Waals surface area contributed by atoms with Gasteiger partial charge in [0.1, 0.15) is 6.04 Å². The van der Waals surface area contributed by atoms with Gasteiger partial charge in [-0.1, -0.05) is 41.9 Å². The lowest BCUT2D eigenvalue weighted by atomic mass is 9.90. The fourth-order valence-electron chi connectivity index (χ4n) is 5.56. The van der Waals surface area contributed by atoms with Crippen molar-refractivity contribution in [3.63, 3.8) is 0 Å². The maximum absolute atomic E-state index is 14.0. The third-order valence-electron chi connectivity index (χ3n) is 7.66. The quantitative estimate of drug-likeness (QED) is 0.254. The zero-order valence-electron chi connectivity index (χ0n) is 23.0. The molecule has 3 aromatic carbocycles. The lowest BCUT2D eigenvalue weighted by molar-refractivity contribution is -0.133. The van der Waals surface area contributed by atoms with E-state index >= 15 is 0 Å². The van der Waals surface area contributed by atoms with Gasteiger partial charge in [0.05, 0.1) is 24.9 Å². The van der Waals surface area contributed by atoms with Crippen LogP contribution in [0.5, 0.6) is 0 Å². The van der Waals surface area contributed by atoms with Gasteiger partial charge in [-0.25, -0.2) is 9.59 Å². The van der Waals surface area contributed by atoms with Gasteiger partial charge >= 0.3 is 12.2 Å². The first kappa shape index (κ1) is 28.0. The highest BCUT2D eigenvalue weighted by molar-refractivity contribution is 6.30. The van der Waals surface area contributed by atoms with Crippen LogP contribution in [0, 0.1) is 0 Å². The number of H-pyrrole nitrogens is 1. The lowest BCUT2D eigenvalue weighted by Gasteiger charge is -2.35. The van der Waals surface area contributed by atoms with Crippen LogP contribution in [0.25, 0.3) is 10.9 Å². The molecule has 2 aliphatic rings. The van der Waals surface area contributed by atoms with Crippen LogP contribution in [-0.2, 0) is 26.3 Å². The van der Waals surface area contributed by atoms with E-state index in [1.165, 1.54) is 7.11 Å². The second kappa shape index (κ2) is 11.3. The molecule has 0 aliphatic carbocycles. The van der Waals surface area contributed by atoms with Crippen LogP contribution >= 0.6 is 11.6 Å². The van der Waals surface area contributed by atoms with Crippen LogP contribution in [0.4, 0.5) is 21.1 Å². The van der Waals surface area contributed by atoms with Crippen molar-refractivity contribution < 1.29 is 28.7 Å². The fourth-order valence-corrected chi connectivity index (χ4v) is 5.73. The first-order valence-corrected chi connectivity index (χ1v) is 13.9. The lowest BCUT2D eigenvalue weighted by Crippen LogP contribution is -2.50. The number of hydrogen-bond donors (Lipinski definition) is 4. The smallest absolute Gasteiger partial charge is 0.412 e. The normalized spacial score (nSPS) is 18.0. The number of likely N-dealkylation sites (tertiary alicyclic amines) is 1. The van der Waals surface area contributed by atoms with E-state index in [-0.39, 0.29) is 24.7 Å². The summed E-state index contributed by atoms with van der Waals surface area (Å²) in [4.78, 5) is 53.1. The maximum Gasteiger partial charge on any atom is 0.412 e. The van der Waals surface area contributed by atoms with Gasteiger partial charge in [-0.05, 0) is 42.0 Å². The number of halogens is 1. The predicted octanol–water partition coefficient (Wildman–Crippen LogP) is 4.43. The minimum atomic E-state index is -1.05. The summed E-state index contributed by atoms with van der Waals surface area (Å²) in [6.45, 7) is 0.430. The van der Waals surface area contributed by atoms with Crippen molar-refractivity contribution in [1.82, 2.24) is 20.4 Å². The van der Waals surface area contributed by atoms with Gasteiger partial charge in [-0.15, -0.1) is 0 Å². The van der Waals surface area contributed by atoms with Crippen LogP contribution in [0.15, 0.2) is 66.7 Å². The Morgan fingerprint density at radius 2 is 1.95 bits per heavy atom. The van der Waals surface area contributed by atoms with Crippen LogP contribution in [0.3, 0.4) is 0 Å². The van der Waals surface area contributed by atoms with Gasteiger partial charge in [0.25, 0.3) is 5.91 Å². The number of aromatic amines is 1. The average molecular weight is 603 g/mol. The molecule has 1 aromatic heterocycles. The summed E-state index contributed by atoms with van der Waals surface area (Å²) in [7, 11) is 1.25. The number of hydrogen-bond acceptors (Lipinski definition) is 7. The highest BCUT2D eigenvalue weighted by Crippen LogP contribution is 2.44. The highest BCUT2D eigenvalue weighted by atomic mass is 35.5. The Balaban J connectivity index is 1.25. The van der Waals surface area contributed by atoms with E-state index in [4.69, 9.17) is 16.3 Å². The van der Waals surface area contributed by atoms with Crippen LogP contribution < -0.4 is 16.0 Å². The van der Waals surface area contributed by atoms with Crippen LogP contribution in [0.2, 0.25) is 5.02 Å². The number of rotatable bonds is 6. The zero-order valence-corrected chi connectivity index (χ0v) is 23.7. The number of methoxy groups -OCH3 is 1. The van der Waals surface area contributed by atoms with Crippen LogP contribution in [0.1, 0.15) is 27.9 Å². The molecule has 0 saturated carbocycles. The number of amides is 4. The summed E-state index contributed by atoms with van der Waals surface area (Å²) in [5, 5.41) is 16.0. The number of fused-ring (bicyclic) bond motifs is 3. The molecule has 2 aliphatic heterocycles. The van der Waals surface area contributed by atoms with Crippen molar-refractivity contribution in [2.24, 2.45) is 0 Å². The number of anilines is 2. The van der Waals surface area contributed by atoms with Gasteiger partial charge in [0.15, 0.2) is 11.4 Å². The molecule has 0 bridgehead atoms. The van der Waals surface area contributed by atoms with Gasteiger partial charge < -0.3 is 19.7 Å². The maximum atomic E-state index is 14.0. The molecule has 3 heterocycles. The molecule has 1 unspecified atom stereocenters. The fraction of sp³-hybridized carbons (Fsp3) is 0.233. The van der Waals surface area contributed by atoms with Crippen molar-refractivity contribution in [2.75, 3.05) is 30.8 Å². The van der Waals surface area contributed by atoms with E-state index in [2.05, 4.69) is 30.9 Å². The monoisotopic (exact) mass is 602 g/mol. The van der Waals surface area contributed by atoms with Gasteiger partial charge in [0.2, 0.25) is 5.91 Å². The molecule has 0 radical (unpaired) electrons. The largest absolute Gasteiger partial charge is 0.453 e. The number of carbonyl (C=O) groups is 4. The molecule has 4 aromatic rings. The number of ether oxygens (including phenoxy) is 2. The highest BCUT2D eigenvalue weighted by Gasteiger charge is 2.49. The number of benzene rings is 3. The zero-order chi connectivity index (χ0) is 30.1. The molecule has 2 atom stereocenters. The average Bonchev–Trinajstić information content (AvgIpc) is 3.61. The Labute approximate surface area is 250 Å². The van der Waals surface area contributed by atoms with E-state index in [1.807, 2.05) is 30.3 Å². The number of nitrogens with zero attached hydrogens (tertiary/aromatic N) is 2. The summed E-state index contributed by atoms with van der Waals surface area (Å²) in [5.74, 6) is -0.512. The minimum Gasteiger partial charge on any atom is -0.453 e. The summed E-state index contributed by atoms with van der Waals surface area (Å²) in [5.41, 5.74) is 1.90. The van der Waals surface area contributed by atoms with Crippen LogP contribution in [-0.4, -0.2) is 65.3 Å². The van der Waals surface area contributed by atoms with Crippen molar-refractivity contribution >= 4 is 58.0 Å². The van der Waals surface area contributed by atoms with Crippen molar-refractivity contribution in [2.45, 2.75) is 24.5 Å². The topological polar surface area (TPSA) is 155 Å². The molecule has 13 heteroatoms. The Bertz CT molecular complexity index is 1740. The molecule has 12 nitrogen and oxygen atoms in total. The molecule has 1 spiro atoms. The number of aromatic nitrogens is 2. The second-order valence-electron chi connectivity index (χ2n) is 10.4. The summed E-state index contributed by atoms with van der Waals surface area (Å²) in [6, 6.07) is 18.4. The molecular weight excluding hydrogens is 576 g/mol. The third-order valence-corrected chi connectivity index (χ3v) is 7.89. The molecule has 43 heavy (non-hydrogen) atoms. The van der Waals surface area contributed by atoms with E-state index in [9.17, 15) is 19.2 Å². The first-order valence-electron chi connectivity index (χ1n) is 13.5.